The number of hydrogen-bond acceptors (Lipinski definition) is 9. The van der Waals surface area contributed by atoms with E-state index in [-0.39, 0.29) is 16.0 Å². The van der Waals surface area contributed by atoms with E-state index in [0.29, 0.717) is 41.8 Å². The van der Waals surface area contributed by atoms with Crippen LogP contribution in [0.25, 0.3) is 10.9 Å². The maximum atomic E-state index is 13.8. The average Bonchev–Trinajstić information content (AvgIpc) is 3.30. The van der Waals surface area contributed by atoms with E-state index in [2.05, 4.69) is 20.0 Å². The van der Waals surface area contributed by atoms with Gasteiger partial charge in [0.15, 0.2) is 11.6 Å². The van der Waals surface area contributed by atoms with Gasteiger partial charge in [0.2, 0.25) is 16.0 Å². The predicted molar refractivity (Wildman–Crippen MR) is 145 cm³/mol. The first kappa shape index (κ1) is 26.0. The molecule has 0 atom stereocenters. The minimum atomic E-state index is -4.27. The molecule has 2 aliphatic rings. The molecule has 11 nitrogen and oxygen atoms in total. The summed E-state index contributed by atoms with van der Waals surface area (Å²) < 4.78 is 67.9. The number of anilines is 2. The molecule has 1 aliphatic carbocycles. The van der Waals surface area contributed by atoms with Crippen molar-refractivity contribution in [2.24, 2.45) is 0 Å². The van der Waals surface area contributed by atoms with E-state index < -0.39 is 31.1 Å². The fraction of sp³-hybridized carbons (Fsp3) is 0.375. The fourth-order valence-corrected chi connectivity index (χ4v) is 7.56. The van der Waals surface area contributed by atoms with Gasteiger partial charge in [0.25, 0.3) is 10.0 Å². The Bertz CT molecular complexity index is 1800. The van der Waals surface area contributed by atoms with Gasteiger partial charge in [-0.25, -0.2) is 22.8 Å². The zero-order chi connectivity index (χ0) is 27.7. The lowest BCUT2D eigenvalue weighted by molar-refractivity contribution is 0.497. The Balaban J connectivity index is 1.41. The van der Waals surface area contributed by atoms with Crippen LogP contribution in [0.2, 0.25) is 5.02 Å². The molecule has 1 saturated heterocycles. The Kier molecular flexibility index (Phi) is 5.93. The number of piperazine rings is 1. The molecule has 2 fully saturated rings. The predicted octanol–water partition coefficient (Wildman–Crippen LogP) is 3.10. The second kappa shape index (κ2) is 8.89. The Morgan fingerprint density at radius 2 is 1.77 bits per heavy atom. The monoisotopic (exact) mass is 593 g/mol. The fourth-order valence-electron chi connectivity index (χ4n) is 4.99. The molecule has 15 heteroatoms. The van der Waals surface area contributed by atoms with Crippen molar-refractivity contribution in [1.29, 1.82) is 0 Å². The van der Waals surface area contributed by atoms with Crippen molar-refractivity contribution in [2.45, 2.75) is 42.4 Å². The highest BCUT2D eigenvalue weighted by Gasteiger charge is 2.53. The first-order chi connectivity index (χ1) is 18.4. The molecule has 3 aromatic heterocycles. The third-order valence-corrected chi connectivity index (χ3v) is 11.2. The highest BCUT2D eigenvalue weighted by Crippen LogP contribution is 2.49. The number of benzene rings is 1. The summed E-state index contributed by atoms with van der Waals surface area (Å²) in [6.07, 6.45) is 6.25. The minimum absolute atomic E-state index is 0.206. The molecule has 0 amide bonds. The van der Waals surface area contributed by atoms with Gasteiger partial charge in [0, 0.05) is 32.0 Å². The van der Waals surface area contributed by atoms with Crippen LogP contribution < -0.4 is 9.80 Å². The van der Waals surface area contributed by atoms with Crippen LogP contribution in [-0.4, -0.2) is 70.4 Å². The van der Waals surface area contributed by atoms with Gasteiger partial charge in [-0.3, -0.25) is 3.97 Å². The standard InChI is InChI=1S/C24H25ClFN7O4S2/c1-16(2)38(34,35)31-9-6-18(14-31)39(36,37)33-20-5-3-4-19(25)21(20)22(29-33)32-11-10-30(15-24(32)7-8-24)23-27-12-17(26)13-28-23/h3-6,9,12-14,16H,7-8,10-11,15H2,1-2H3. The third-order valence-electron chi connectivity index (χ3n) is 7.29. The van der Waals surface area contributed by atoms with Crippen molar-refractivity contribution in [3.63, 3.8) is 0 Å². The zero-order valence-corrected chi connectivity index (χ0v) is 23.5. The van der Waals surface area contributed by atoms with E-state index in [1.165, 1.54) is 26.1 Å². The molecule has 0 bridgehead atoms. The molecule has 206 valence electrons. The lowest BCUT2D eigenvalue weighted by Gasteiger charge is -2.42. The number of rotatable bonds is 6. The number of halogens is 2. The van der Waals surface area contributed by atoms with Crippen LogP contribution in [0, 0.1) is 5.82 Å². The van der Waals surface area contributed by atoms with Crippen LogP contribution in [0.5, 0.6) is 0 Å². The number of fused-ring (bicyclic) bond motifs is 1. The molecule has 6 rings (SSSR count). The number of hydrogen-bond donors (Lipinski definition) is 0. The normalized spacial score (nSPS) is 17.5. The maximum Gasteiger partial charge on any atom is 0.285 e. The SMILES string of the molecule is CC(C)S(=O)(=O)n1ccc(S(=O)(=O)n2nc(N3CCN(c4ncc(F)cn4)CC34CC4)c3c(Cl)cccc32)c1. The largest absolute Gasteiger partial charge is 0.345 e. The van der Waals surface area contributed by atoms with Gasteiger partial charge in [0.1, 0.15) is 4.90 Å². The van der Waals surface area contributed by atoms with E-state index in [1.807, 2.05) is 4.90 Å². The van der Waals surface area contributed by atoms with Crippen molar-refractivity contribution in [3.05, 3.63) is 59.9 Å². The van der Waals surface area contributed by atoms with Crippen LogP contribution in [0.3, 0.4) is 0 Å². The molecular formula is C24H25ClFN7O4S2. The number of nitrogens with zero attached hydrogens (tertiary/aromatic N) is 7. The summed E-state index contributed by atoms with van der Waals surface area (Å²) in [5.74, 6) is 0.355. The molecule has 39 heavy (non-hydrogen) atoms. The van der Waals surface area contributed by atoms with Gasteiger partial charge in [-0.1, -0.05) is 17.7 Å². The van der Waals surface area contributed by atoms with Crippen LogP contribution in [0.4, 0.5) is 16.2 Å². The molecule has 1 aromatic carbocycles. The van der Waals surface area contributed by atoms with Crippen molar-refractivity contribution < 1.29 is 21.2 Å². The number of aromatic nitrogens is 5. The highest BCUT2D eigenvalue weighted by atomic mass is 35.5. The lowest BCUT2D eigenvalue weighted by atomic mass is 10.1. The van der Waals surface area contributed by atoms with E-state index >= 15 is 0 Å². The molecule has 4 heterocycles. The van der Waals surface area contributed by atoms with E-state index in [4.69, 9.17) is 11.6 Å². The quantitative estimate of drug-likeness (QED) is 0.332. The van der Waals surface area contributed by atoms with Gasteiger partial charge < -0.3 is 9.80 Å². The Hall–Kier alpha value is -3.23. The summed E-state index contributed by atoms with van der Waals surface area (Å²) in [5.41, 5.74) is -0.0447. The third kappa shape index (κ3) is 4.16. The van der Waals surface area contributed by atoms with Crippen molar-refractivity contribution >= 4 is 54.3 Å². The van der Waals surface area contributed by atoms with Gasteiger partial charge in [-0.2, -0.15) is 12.5 Å². The molecule has 1 aliphatic heterocycles. The molecule has 1 saturated carbocycles. The first-order valence-corrected chi connectivity index (χ1v) is 15.6. The average molecular weight is 594 g/mol. The van der Waals surface area contributed by atoms with Gasteiger partial charge >= 0.3 is 0 Å². The molecule has 1 spiro atoms. The van der Waals surface area contributed by atoms with Crippen molar-refractivity contribution in [1.82, 2.24) is 23.1 Å². The van der Waals surface area contributed by atoms with E-state index in [0.717, 1.165) is 39.5 Å². The zero-order valence-electron chi connectivity index (χ0n) is 21.1. The Morgan fingerprint density at radius 3 is 2.44 bits per heavy atom. The Labute approximate surface area is 229 Å². The van der Waals surface area contributed by atoms with Crippen molar-refractivity contribution in [2.75, 3.05) is 29.4 Å². The summed E-state index contributed by atoms with van der Waals surface area (Å²) in [6, 6.07) is 6.20. The second-order valence-corrected chi connectivity index (χ2v) is 14.6. The smallest absolute Gasteiger partial charge is 0.285 e. The summed E-state index contributed by atoms with van der Waals surface area (Å²) >= 11 is 6.62. The minimum Gasteiger partial charge on any atom is -0.345 e. The van der Waals surface area contributed by atoms with Gasteiger partial charge in [-0.15, -0.1) is 5.10 Å². The summed E-state index contributed by atoms with van der Waals surface area (Å²) in [4.78, 5) is 12.1. The first-order valence-electron chi connectivity index (χ1n) is 12.3. The van der Waals surface area contributed by atoms with Crippen LogP contribution in [0.15, 0.2) is 53.9 Å². The topological polar surface area (TPSA) is 123 Å². The van der Waals surface area contributed by atoms with E-state index in [1.54, 1.807) is 18.2 Å². The van der Waals surface area contributed by atoms with E-state index in [9.17, 15) is 21.2 Å². The summed E-state index contributed by atoms with van der Waals surface area (Å²) in [6.45, 7) is 4.60. The molecular weight excluding hydrogens is 569 g/mol. The molecule has 0 N–H and O–H groups in total. The molecule has 4 aromatic rings. The maximum absolute atomic E-state index is 13.8. The summed E-state index contributed by atoms with van der Waals surface area (Å²) in [5, 5.41) is 4.70. The second-order valence-electron chi connectivity index (χ2n) is 10.1. The molecule has 0 unspecified atom stereocenters. The Morgan fingerprint density at radius 1 is 1.05 bits per heavy atom. The summed E-state index contributed by atoms with van der Waals surface area (Å²) in [7, 11) is -8.01. The van der Waals surface area contributed by atoms with Crippen molar-refractivity contribution in [3.8, 4) is 0 Å². The lowest BCUT2D eigenvalue weighted by Crippen LogP contribution is -2.56. The van der Waals surface area contributed by atoms with Crippen LogP contribution in [0.1, 0.15) is 26.7 Å². The van der Waals surface area contributed by atoms with Gasteiger partial charge in [-0.05, 0) is 44.9 Å². The van der Waals surface area contributed by atoms with Crippen LogP contribution >= 0.6 is 11.6 Å². The van der Waals surface area contributed by atoms with Crippen LogP contribution in [-0.2, 0) is 20.0 Å². The van der Waals surface area contributed by atoms with Gasteiger partial charge in [0.05, 0.1) is 39.1 Å². The highest BCUT2D eigenvalue weighted by molar-refractivity contribution is 7.91. The molecule has 0 radical (unpaired) electrons.